The molecule has 0 radical (unpaired) electrons. The molecule has 0 bridgehead atoms. The number of anilines is 2. The third-order valence-corrected chi connectivity index (χ3v) is 4.30. The Morgan fingerprint density at radius 1 is 1.45 bits per heavy atom. The molecule has 0 spiro atoms. The molecule has 4 nitrogen and oxygen atoms in total. The van der Waals surface area contributed by atoms with Crippen LogP contribution >= 0.6 is 11.3 Å². The molecule has 1 atom stereocenters. The Labute approximate surface area is 122 Å². The molecule has 0 aliphatic carbocycles. The van der Waals surface area contributed by atoms with Crippen molar-refractivity contribution < 1.29 is 4.79 Å². The summed E-state index contributed by atoms with van der Waals surface area (Å²) in [6.07, 6.45) is 1.08. The van der Waals surface area contributed by atoms with E-state index in [1.165, 1.54) is 0 Å². The second kappa shape index (κ2) is 5.25. The Balaban J connectivity index is 1.88. The number of carbonyl (C=O) groups is 1. The number of hydrogen-bond donors (Lipinski definition) is 2. The van der Waals surface area contributed by atoms with Crippen molar-refractivity contribution in [2.24, 2.45) is 0 Å². The fraction of sp³-hybridized carbons (Fsp3) is 0.333. The number of hydrogen-bond acceptors (Lipinski definition) is 4. The summed E-state index contributed by atoms with van der Waals surface area (Å²) in [4.78, 5) is 16.3. The Morgan fingerprint density at radius 3 is 3.10 bits per heavy atom. The first kappa shape index (κ1) is 13.1. The lowest BCUT2D eigenvalue weighted by Gasteiger charge is -2.04. The molecule has 3 rings (SSSR count). The van der Waals surface area contributed by atoms with Gasteiger partial charge < -0.3 is 10.6 Å². The zero-order chi connectivity index (χ0) is 14.1. The number of thiazole rings is 1. The number of benzene rings is 1. The van der Waals surface area contributed by atoms with Crippen LogP contribution in [0.2, 0.25) is 0 Å². The van der Waals surface area contributed by atoms with Gasteiger partial charge in [-0.1, -0.05) is 13.0 Å². The van der Waals surface area contributed by atoms with Crippen molar-refractivity contribution in [1.82, 2.24) is 4.98 Å². The van der Waals surface area contributed by atoms with E-state index in [1.54, 1.807) is 11.3 Å². The van der Waals surface area contributed by atoms with E-state index in [2.05, 4.69) is 34.0 Å². The highest BCUT2D eigenvalue weighted by atomic mass is 32.1. The maximum absolute atomic E-state index is 11.7. The van der Waals surface area contributed by atoms with E-state index >= 15 is 0 Å². The van der Waals surface area contributed by atoms with Gasteiger partial charge in [0, 0.05) is 23.2 Å². The summed E-state index contributed by atoms with van der Waals surface area (Å²) in [6, 6.07) is 6.04. The molecular formula is C15H17N3OS. The summed E-state index contributed by atoms with van der Waals surface area (Å²) in [5.74, 6) is -0.0120. The normalized spacial score (nSPS) is 16.9. The van der Waals surface area contributed by atoms with Crippen LogP contribution in [-0.4, -0.2) is 17.4 Å². The van der Waals surface area contributed by atoms with E-state index in [-0.39, 0.29) is 11.8 Å². The fourth-order valence-electron chi connectivity index (χ4n) is 2.30. The molecule has 2 N–H and O–H groups in total. The average molecular weight is 287 g/mol. The number of fused-ring (bicyclic) bond motifs is 1. The molecule has 1 aliphatic heterocycles. The number of aromatic nitrogens is 1. The first-order valence-corrected chi connectivity index (χ1v) is 7.71. The van der Waals surface area contributed by atoms with Crippen LogP contribution in [0.15, 0.2) is 23.6 Å². The van der Waals surface area contributed by atoms with Crippen LogP contribution in [0.25, 0.3) is 11.3 Å². The van der Waals surface area contributed by atoms with Crippen molar-refractivity contribution in [3.8, 4) is 11.3 Å². The van der Waals surface area contributed by atoms with Gasteiger partial charge in [0.25, 0.3) is 0 Å². The number of rotatable bonds is 4. The minimum atomic E-state index is -0.0822. The smallest absolute Gasteiger partial charge is 0.231 e. The average Bonchev–Trinajstić information content (AvgIpc) is 3.03. The van der Waals surface area contributed by atoms with Gasteiger partial charge in [-0.15, -0.1) is 11.3 Å². The van der Waals surface area contributed by atoms with Crippen molar-refractivity contribution in [3.63, 3.8) is 0 Å². The molecule has 2 aromatic rings. The number of nitrogens with zero attached hydrogens (tertiary/aromatic N) is 1. The summed E-state index contributed by atoms with van der Waals surface area (Å²) >= 11 is 1.61. The number of nitrogens with one attached hydrogen (secondary N) is 2. The summed E-state index contributed by atoms with van der Waals surface area (Å²) < 4.78 is 0. The van der Waals surface area contributed by atoms with Gasteiger partial charge in [-0.05, 0) is 31.0 Å². The topological polar surface area (TPSA) is 54.0 Å². The van der Waals surface area contributed by atoms with E-state index in [0.29, 0.717) is 0 Å². The highest BCUT2D eigenvalue weighted by molar-refractivity contribution is 7.14. The van der Waals surface area contributed by atoms with Gasteiger partial charge in [0.1, 0.15) is 0 Å². The van der Waals surface area contributed by atoms with E-state index in [4.69, 9.17) is 0 Å². The second-order valence-electron chi connectivity index (χ2n) is 4.98. The number of carbonyl (C=O) groups excluding carboxylic acids is 1. The maximum atomic E-state index is 11.7. The van der Waals surface area contributed by atoms with Crippen LogP contribution in [0.5, 0.6) is 0 Å². The molecule has 1 aliphatic rings. The van der Waals surface area contributed by atoms with Crippen molar-refractivity contribution in [3.05, 3.63) is 29.1 Å². The quantitative estimate of drug-likeness (QED) is 0.901. The summed E-state index contributed by atoms with van der Waals surface area (Å²) in [5.41, 5.74) is 4.00. The van der Waals surface area contributed by atoms with Gasteiger partial charge in [0.15, 0.2) is 5.13 Å². The van der Waals surface area contributed by atoms with Crippen molar-refractivity contribution in [2.45, 2.75) is 26.2 Å². The van der Waals surface area contributed by atoms with Crippen LogP contribution in [0.4, 0.5) is 10.8 Å². The molecule has 5 heteroatoms. The van der Waals surface area contributed by atoms with Gasteiger partial charge in [-0.3, -0.25) is 4.79 Å². The van der Waals surface area contributed by atoms with Gasteiger partial charge in [0.05, 0.1) is 11.6 Å². The molecule has 2 heterocycles. The van der Waals surface area contributed by atoms with Crippen LogP contribution < -0.4 is 10.6 Å². The van der Waals surface area contributed by atoms with Gasteiger partial charge >= 0.3 is 0 Å². The van der Waals surface area contributed by atoms with Crippen molar-refractivity contribution in [1.29, 1.82) is 0 Å². The van der Waals surface area contributed by atoms with Crippen LogP contribution in [0, 0.1) is 0 Å². The lowest BCUT2D eigenvalue weighted by molar-refractivity contribution is -0.116. The molecule has 0 fully saturated rings. The molecule has 0 saturated carbocycles. The lowest BCUT2D eigenvalue weighted by atomic mass is 10.00. The maximum Gasteiger partial charge on any atom is 0.231 e. The Morgan fingerprint density at radius 2 is 2.30 bits per heavy atom. The van der Waals surface area contributed by atoms with E-state index in [1.807, 2.05) is 19.1 Å². The number of amides is 1. The van der Waals surface area contributed by atoms with E-state index in [0.717, 1.165) is 40.6 Å². The highest BCUT2D eigenvalue weighted by Gasteiger charge is 2.26. The molecule has 1 amide bonds. The largest absolute Gasteiger partial charge is 0.362 e. The second-order valence-corrected chi connectivity index (χ2v) is 5.84. The zero-order valence-electron chi connectivity index (χ0n) is 11.6. The lowest BCUT2D eigenvalue weighted by Crippen LogP contribution is -2.08. The van der Waals surface area contributed by atoms with Crippen LogP contribution in [-0.2, 0) is 4.79 Å². The minimum Gasteiger partial charge on any atom is -0.362 e. The Kier molecular flexibility index (Phi) is 3.44. The molecule has 0 saturated heterocycles. The van der Waals surface area contributed by atoms with E-state index in [9.17, 15) is 4.79 Å². The predicted molar refractivity (Wildman–Crippen MR) is 83.4 cm³/mol. The molecule has 1 aromatic heterocycles. The minimum absolute atomic E-state index is 0.0701. The SMILES string of the molecule is CCCNc1nc(-c2ccc3c(c2)[C@H](C)C(=O)N3)cs1. The van der Waals surface area contributed by atoms with Gasteiger partial charge in [-0.2, -0.15) is 0 Å². The Bertz CT molecular complexity index is 650. The molecule has 1 aromatic carbocycles. The molecule has 104 valence electrons. The third-order valence-electron chi connectivity index (χ3n) is 3.50. The molecule has 20 heavy (non-hydrogen) atoms. The van der Waals surface area contributed by atoms with Crippen molar-refractivity contribution in [2.75, 3.05) is 17.2 Å². The predicted octanol–water partition coefficient (Wildman–Crippen LogP) is 3.69. The summed E-state index contributed by atoms with van der Waals surface area (Å²) in [7, 11) is 0. The van der Waals surface area contributed by atoms with Crippen LogP contribution in [0.3, 0.4) is 0 Å². The van der Waals surface area contributed by atoms with Gasteiger partial charge in [0.2, 0.25) is 5.91 Å². The van der Waals surface area contributed by atoms with Gasteiger partial charge in [-0.25, -0.2) is 4.98 Å². The first-order chi connectivity index (χ1) is 9.69. The van der Waals surface area contributed by atoms with Crippen molar-refractivity contribution >= 4 is 28.1 Å². The molecular weight excluding hydrogens is 270 g/mol. The molecule has 0 unspecified atom stereocenters. The zero-order valence-corrected chi connectivity index (χ0v) is 12.4. The first-order valence-electron chi connectivity index (χ1n) is 6.83. The fourth-order valence-corrected chi connectivity index (χ4v) is 3.04. The van der Waals surface area contributed by atoms with E-state index < -0.39 is 0 Å². The highest BCUT2D eigenvalue weighted by Crippen LogP contribution is 2.36. The third kappa shape index (κ3) is 2.29. The summed E-state index contributed by atoms with van der Waals surface area (Å²) in [6.45, 7) is 5.00. The Hall–Kier alpha value is -1.88. The van der Waals surface area contributed by atoms with Crippen LogP contribution in [0.1, 0.15) is 31.7 Å². The standard InChI is InChI=1S/C15H17N3OS/c1-3-6-16-15-18-13(8-20-15)10-4-5-12-11(7-10)9(2)14(19)17-12/h4-5,7-9H,3,6H2,1-2H3,(H,16,18)(H,17,19)/t9-/m0/s1. The monoisotopic (exact) mass is 287 g/mol. The summed E-state index contributed by atoms with van der Waals surface area (Å²) in [5, 5.41) is 9.18.